The smallest absolute Gasteiger partial charge is 0.339 e. The van der Waals surface area contributed by atoms with E-state index in [1.54, 1.807) is 36.5 Å². The van der Waals surface area contributed by atoms with Crippen LogP contribution in [-0.4, -0.2) is 33.9 Å². The molecule has 27 heavy (non-hydrogen) atoms. The SMILES string of the molecule is COC(=O)c1ccccc1Nc1nccc(C(=O)NCc2ccccn2)n1. The van der Waals surface area contributed by atoms with E-state index in [1.807, 2.05) is 12.1 Å². The van der Waals surface area contributed by atoms with Gasteiger partial charge in [0.1, 0.15) is 5.69 Å². The van der Waals surface area contributed by atoms with Crippen molar-refractivity contribution in [3.8, 4) is 0 Å². The Kier molecular flexibility index (Phi) is 5.68. The second kappa shape index (κ2) is 8.52. The zero-order chi connectivity index (χ0) is 19.1. The Bertz CT molecular complexity index is 947. The number of hydrogen-bond acceptors (Lipinski definition) is 7. The number of pyridine rings is 1. The second-order valence-corrected chi connectivity index (χ2v) is 5.43. The number of benzene rings is 1. The number of carbonyl (C=O) groups is 2. The molecule has 136 valence electrons. The summed E-state index contributed by atoms with van der Waals surface area (Å²) in [7, 11) is 1.31. The number of para-hydroxylation sites is 1. The average molecular weight is 363 g/mol. The number of anilines is 2. The van der Waals surface area contributed by atoms with Crippen LogP contribution in [-0.2, 0) is 11.3 Å². The van der Waals surface area contributed by atoms with E-state index in [2.05, 4.69) is 25.6 Å². The summed E-state index contributed by atoms with van der Waals surface area (Å²) in [5.41, 5.74) is 1.76. The maximum Gasteiger partial charge on any atom is 0.339 e. The van der Waals surface area contributed by atoms with Gasteiger partial charge in [0.2, 0.25) is 5.95 Å². The molecule has 1 aromatic carbocycles. The van der Waals surface area contributed by atoms with Crippen LogP contribution in [0.3, 0.4) is 0 Å². The molecule has 0 fully saturated rings. The lowest BCUT2D eigenvalue weighted by Crippen LogP contribution is -2.24. The third kappa shape index (κ3) is 4.63. The van der Waals surface area contributed by atoms with Crippen LogP contribution >= 0.6 is 0 Å². The van der Waals surface area contributed by atoms with Gasteiger partial charge in [-0.2, -0.15) is 0 Å². The van der Waals surface area contributed by atoms with E-state index >= 15 is 0 Å². The van der Waals surface area contributed by atoms with Crippen molar-refractivity contribution in [2.75, 3.05) is 12.4 Å². The van der Waals surface area contributed by atoms with Crippen LogP contribution in [0.15, 0.2) is 60.9 Å². The molecular weight excluding hydrogens is 346 g/mol. The molecule has 2 heterocycles. The van der Waals surface area contributed by atoms with Crippen LogP contribution in [0.25, 0.3) is 0 Å². The first-order valence-electron chi connectivity index (χ1n) is 8.13. The van der Waals surface area contributed by atoms with Gasteiger partial charge in [-0.3, -0.25) is 9.78 Å². The standard InChI is InChI=1S/C19H17N5O3/c1-27-18(26)14-7-2-3-8-15(14)23-19-21-11-9-16(24-19)17(25)22-12-13-6-4-5-10-20-13/h2-11H,12H2,1H3,(H,22,25)(H,21,23,24). The van der Waals surface area contributed by atoms with Crippen molar-refractivity contribution >= 4 is 23.5 Å². The number of carbonyl (C=O) groups excluding carboxylic acids is 2. The van der Waals surface area contributed by atoms with Crippen molar-refractivity contribution in [1.29, 1.82) is 0 Å². The van der Waals surface area contributed by atoms with Crippen LogP contribution in [0, 0.1) is 0 Å². The van der Waals surface area contributed by atoms with Gasteiger partial charge in [0.05, 0.1) is 30.6 Å². The number of aromatic nitrogens is 3. The monoisotopic (exact) mass is 363 g/mol. The van der Waals surface area contributed by atoms with Gasteiger partial charge in [0.15, 0.2) is 0 Å². The molecule has 0 radical (unpaired) electrons. The van der Waals surface area contributed by atoms with E-state index in [0.717, 1.165) is 5.69 Å². The molecule has 2 N–H and O–H groups in total. The summed E-state index contributed by atoms with van der Waals surface area (Å²) in [6.45, 7) is 0.289. The number of esters is 1. The summed E-state index contributed by atoms with van der Waals surface area (Å²) in [5, 5.41) is 5.69. The minimum absolute atomic E-state index is 0.192. The van der Waals surface area contributed by atoms with Gasteiger partial charge in [-0.1, -0.05) is 18.2 Å². The maximum absolute atomic E-state index is 12.3. The molecule has 0 bridgehead atoms. The molecule has 3 aromatic rings. The highest BCUT2D eigenvalue weighted by molar-refractivity contribution is 5.96. The first-order chi connectivity index (χ1) is 13.2. The summed E-state index contributed by atoms with van der Waals surface area (Å²) in [6.07, 6.45) is 3.12. The average Bonchev–Trinajstić information content (AvgIpc) is 2.73. The molecule has 8 heteroatoms. The Balaban J connectivity index is 1.72. The van der Waals surface area contributed by atoms with Crippen LogP contribution in [0.2, 0.25) is 0 Å². The lowest BCUT2D eigenvalue weighted by atomic mass is 10.2. The summed E-state index contributed by atoms with van der Waals surface area (Å²) in [6, 6.07) is 13.8. The quantitative estimate of drug-likeness (QED) is 0.647. The lowest BCUT2D eigenvalue weighted by Gasteiger charge is -2.10. The van der Waals surface area contributed by atoms with E-state index < -0.39 is 5.97 Å². The number of rotatable bonds is 6. The molecule has 2 aromatic heterocycles. The molecule has 3 rings (SSSR count). The molecule has 8 nitrogen and oxygen atoms in total. The van der Waals surface area contributed by atoms with Crippen molar-refractivity contribution in [3.63, 3.8) is 0 Å². The first-order valence-corrected chi connectivity index (χ1v) is 8.13. The second-order valence-electron chi connectivity index (χ2n) is 5.43. The minimum Gasteiger partial charge on any atom is -0.465 e. The van der Waals surface area contributed by atoms with E-state index in [-0.39, 0.29) is 24.1 Å². The largest absolute Gasteiger partial charge is 0.465 e. The summed E-state index contributed by atoms with van der Waals surface area (Å²) >= 11 is 0. The highest BCUT2D eigenvalue weighted by Crippen LogP contribution is 2.19. The lowest BCUT2D eigenvalue weighted by molar-refractivity contribution is 0.0601. The van der Waals surface area contributed by atoms with Crippen molar-refractivity contribution in [1.82, 2.24) is 20.3 Å². The minimum atomic E-state index is -0.484. The van der Waals surface area contributed by atoms with E-state index in [9.17, 15) is 9.59 Å². The van der Waals surface area contributed by atoms with Crippen LogP contribution in [0.4, 0.5) is 11.6 Å². The number of nitrogens with zero attached hydrogens (tertiary/aromatic N) is 3. The summed E-state index contributed by atoms with van der Waals surface area (Å²) < 4.78 is 4.76. The fourth-order valence-electron chi connectivity index (χ4n) is 2.31. The van der Waals surface area contributed by atoms with E-state index in [4.69, 9.17) is 4.74 Å². The van der Waals surface area contributed by atoms with Gasteiger partial charge in [-0.05, 0) is 30.3 Å². The summed E-state index contributed by atoms with van der Waals surface area (Å²) in [5.74, 6) is -0.647. The van der Waals surface area contributed by atoms with Crippen molar-refractivity contribution in [3.05, 3.63) is 77.9 Å². The Morgan fingerprint density at radius 1 is 1.00 bits per heavy atom. The Morgan fingerprint density at radius 2 is 1.81 bits per heavy atom. The van der Waals surface area contributed by atoms with Crippen molar-refractivity contribution < 1.29 is 14.3 Å². The van der Waals surface area contributed by atoms with Crippen LogP contribution in [0.5, 0.6) is 0 Å². The summed E-state index contributed by atoms with van der Waals surface area (Å²) in [4.78, 5) is 36.6. The van der Waals surface area contributed by atoms with Crippen LogP contribution in [0.1, 0.15) is 26.5 Å². The Morgan fingerprint density at radius 3 is 2.59 bits per heavy atom. The molecule has 0 aliphatic carbocycles. The van der Waals surface area contributed by atoms with E-state index in [0.29, 0.717) is 11.3 Å². The topological polar surface area (TPSA) is 106 Å². The van der Waals surface area contributed by atoms with Gasteiger partial charge in [0, 0.05) is 12.4 Å². The molecule has 0 atom stereocenters. The highest BCUT2D eigenvalue weighted by atomic mass is 16.5. The molecule has 0 spiro atoms. The number of nitrogens with one attached hydrogen (secondary N) is 2. The van der Waals surface area contributed by atoms with Gasteiger partial charge < -0.3 is 15.4 Å². The number of ether oxygens (including phenoxy) is 1. The highest BCUT2D eigenvalue weighted by Gasteiger charge is 2.13. The molecule has 0 aliphatic rings. The predicted molar refractivity (Wildman–Crippen MR) is 98.5 cm³/mol. The molecule has 0 saturated carbocycles. The molecular formula is C19H17N5O3. The molecule has 1 amide bonds. The number of hydrogen-bond donors (Lipinski definition) is 2. The van der Waals surface area contributed by atoms with Crippen molar-refractivity contribution in [2.45, 2.75) is 6.54 Å². The maximum atomic E-state index is 12.3. The van der Waals surface area contributed by atoms with Gasteiger partial charge >= 0.3 is 5.97 Å². The fourth-order valence-corrected chi connectivity index (χ4v) is 2.31. The fraction of sp³-hybridized carbons (Fsp3) is 0.105. The van der Waals surface area contributed by atoms with E-state index in [1.165, 1.54) is 19.4 Å². The van der Waals surface area contributed by atoms with Gasteiger partial charge in [-0.25, -0.2) is 14.8 Å². The predicted octanol–water partition coefficient (Wildman–Crippen LogP) is 2.33. The van der Waals surface area contributed by atoms with Gasteiger partial charge in [-0.15, -0.1) is 0 Å². The number of amides is 1. The molecule has 0 unspecified atom stereocenters. The first kappa shape index (κ1) is 18.0. The normalized spacial score (nSPS) is 10.1. The third-order valence-electron chi connectivity index (χ3n) is 3.62. The molecule has 0 aliphatic heterocycles. The zero-order valence-corrected chi connectivity index (χ0v) is 14.5. The molecule has 0 saturated heterocycles. The Labute approximate surface area is 155 Å². The Hall–Kier alpha value is -3.81. The van der Waals surface area contributed by atoms with Crippen molar-refractivity contribution in [2.24, 2.45) is 0 Å². The van der Waals surface area contributed by atoms with Crippen LogP contribution < -0.4 is 10.6 Å². The number of methoxy groups -OCH3 is 1. The zero-order valence-electron chi connectivity index (χ0n) is 14.5. The van der Waals surface area contributed by atoms with Gasteiger partial charge in [0.25, 0.3) is 5.91 Å². The third-order valence-corrected chi connectivity index (χ3v) is 3.62.